The van der Waals surface area contributed by atoms with E-state index in [0.717, 1.165) is 24.1 Å². The maximum atomic E-state index is 11.2. The number of carboxylic acid groups (broad SMARTS) is 1. The normalized spacial score (nSPS) is 14.3. The van der Waals surface area contributed by atoms with Crippen LogP contribution in [0.25, 0.3) is 11.5 Å². The summed E-state index contributed by atoms with van der Waals surface area (Å²) in [5, 5.41) is 9.18. The van der Waals surface area contributed by atoms with Gasteiger partial charge in [-0.25, -0.2) is 9.78 Å². The van der Waals surface area contributed by atoms with Crippen LogP contribution in [0, 0.1) is 0 Å². The van der Waals surface area contributed by atoms with Crippen molar-refractivity contribution in [2.24, 2.45) is 0 Å². The van der Waals surface area contributed by atoms with Crippen LogP contribution in [0.3, 0.4) is 0 Å². The van der Waals surface area contributed by atoms with Crippen molar-refractivity contribution in [1.82, 2.24) is 4.98 Å². The topological polar surface area (TPSA) is 66.6 Å². The van der Waals surface area contributed by atoms with Crippen LogP contribution in [-0.4, -0.2) is 30.2 Å². The van der Waals surface area contributed by atoms with Crippen LogP contribution in [0.5, 0.6) is 0 Å². The van der Waals surface area contributed by atoms with Gasteiger partial charge in [-0.2, -0.15) is 0 Å². The number of hydrogen-bond acceptors (Lipinski definition) is 4. The highest BCUT2D eigenvalue weighted by molar-refractivity contribution is 5.86. The molecule has 0 atom stereocenters. The van der Waals surface area contributed by atoms with Crippen LogP contribution in [0.2, 0.25) is 0 Å². The Balaban J connectivity index is 1.97. The summed E-state index contributed by atoms with van der Waals surface area (Å²) in [7, 11) is 3.93. The fourth-order valence-corrected chi connectivity index (χ4v) is 2.14. The molecule has 1 aromatic heterocycles. The smallest absolute Gasteiger partial charge is 0.373 e. The average molecular weight is 272 g/mol. The molecule has 1 aliphatic rings. The minimum absolute atomic E-state index is 0.0146. The van der Waals surface area contributed by atoms with E-state index in [4.69, 9.17) is 4.42 Å². The minimum Gasteiger partial charge on any atom is -0.475 e. The van der Waals surface area contributed by atoms with Crippen molar-refractivity contribution in [1.29, 1.82) is 0 Å². The van der Waals surface area contributed by atoms with Gasteiger partial charge in [0.2, 0.25) is 11.7 Å². The van der Waals surface area contributed by atoms with E-state index >= 15 is 0 Å². The lowest BCUT2D eigenvalue weighted by Crippen LogP contribution is -2.07. The molecule has 0 radical (unpaired) electrons. The van der Waals surface area contributed by atoms with E-state index in [1.165, 1.54) is 0 Å². The van der Waals surface area contributed by atoms with Crippen molar-refractivity contribution in [3.8, 4) is 11.5 Å². The van der Waals surface area contributed by atoms with Crippen molar-refractivity contribution in [2.45, 2.75) is 18.8 Å². The molecule has 5 heteroatoms. The van der Waals surface area contributed by atoms with Gasteiger partial charge in [0.1, 0.15) is 0 Å². The average Bonchev–Trinajstić information content (AvgIpc) is 3.17. The summed E-state index contributed by atoms with van der Waals surface area (Å²) in [6.45, 7) is 0. The first-order valence-corrected chi connectivity index (χ1v) is 6.58. The highest BCUT2D eigenvalue weighted by Gasteiger charge is 2.33. The molecule has 5 nitrogen and oxygen atoms in total. The maximum Gasteiger partial charge on any atom is 0.373 e. The molecule has 0 unspecified atom stereocenters. The summed E-state index contributed by atoms with van der Waals surface area (Å²) < 4.78 is 5.44. The zero-order valence-corrected chi connectivity index (χ0v) is 11.5. The summed E-state index contributed by atoms with van der Waals surface area (Å²) in [5.41, 5.74) is 2.45. The Morgan fingerprint density at radius 1 is 1.30 bits per heavy atom. The van der Waals surface area contributed by atoms with E-state index < -0.39 is 5.97 Å². The lowest BCUT2D eigenvalue weighted by atomic mass is 10.2. The maximum absolute atomic E-state index is 11.2. The number of anilines is 1. The number of benzene rings is 1. The number of rotatable bonds is 4. The van der Waals surface area contributed by atoms with E-state index in [0.29, 0.717) is 11.6 Å². The molecule has 3 rings (SSSR count). The molecule has 1 N–H and O–H groups in total. The third-order valence-corrected chi connectivity index (χ3v) is 3.44. The number of carbonyl (C=O) groups is 1. The second-order valence-electron chi connectivity index (χ2n) is 5.25. The number of carboxylic acids is 1. The summed E-state index contributed by atoms with van der Waals surface area (Å²) in [6, 6.07) is 7.69. The Kier molecular flexibility index (Phi) is 2.97. The molecule has 0 aliphatic heterocycles. The standard InChI is InChI=1S/C15H16N2O3/c1-17(2)11-7-5-10(6-8-11)14-16-12(9-3-4-9)13(20-14)15(18)19/h5-9H,3-4H2,1-2H3,(H,18,19). The van der Waals surface area contributed by atoms with Crippen molar-refractivity contribution < 1.29 is 14.3 Å². The van der Waals surface area contributed by atoms with E-state index in [2.05, 4.69) is 4.98 Å². The minimum atomic E-state index is -1.05. The first-order chi connectivity index (χ1) is 9.56. The zero-order valence-electron chi connectivity index (χ0n) is 11.5. The molecule has 1 aromatic carbocycles. The van der Waals surface area contributed by atoms with Crippen LogP contribution in [0.4, 0.5) is 5.69 Å². The van der Waals surface area contributed by atoms with Crippen LogP contribution in [0.15, 0.2) is 28.7 Å². The lowest BCUT2D eigenvalue weighted by molar-refractivity contribution is 0.0661. The first kappa shape index (κ1) is 12.7. The molecule has 104 valence electrons. The Bertz CT molecular complexity index is 640. The van der Waals surface area contributed by atoms with Gasteiger partial charge in [-0.1, -0.05) is 0 Å². The van der Waals surface area contributed by atoms with Gasteiger partial charge in [0.15, 0.2) is 0 Å². The van der Waals surface area contributed by atoms with Gasteiger partial charge in [0, 0.05) is 31.3 Å². The van der Waals surface area contributed by atoms with Gasteiger partial charge in [0.25, 0.3) is 0 Å². The molecule has 1 saturated carbocycles. The van der Waals surface area contributed by atoms with Crippen molar-refractivity contribution >= 4 is 11.7 Å². The highest BCUT2D eigenvalue weighted by Crippen LogP contribution is 2.42. The fraction of sp³-hybridized carbons (Fsp3) is 0.333. The SMILES string of the molecule is CN(C)c1ccc(-c2nc(C3CC3)c(C(=O)O)o2)cc1. The molecule has 20 heavy (non-hydrogen) atoms. The second-order valence-corrected chi connectivity index (χ2v) is 5.25. The molecule has 0 spiro atoms. The largest absolute Gasteiger partial charge is 0.475 e. The fourth-order valence-electron chi connectivity index (χ4n) is 2.14. The Morgan fingerprint density at radius 3 is 2.45 bits per heavy atom. The summed E-state index contributed by atoms with van der Waals surface area (Å²) in [5.74, 6) is -0.427. The highest BCUT2D eigenvalue weighted by atomic mass is 16.4. The van der Waals surface area contributed by atoms with Gasteiger partial charge in [0.05, 0.1) is 5.69 Å². The van der Waals surface area contributed by atoms with Gasteiger partial charge < -0.3 is 14.4 Å². The predicted molar refractivity (Wildman–Crippen MR) is 75.2 cm³/mol. The van der Waals surface area contributed by atoms with E-state index in [1.54, 1.807) is 0 Å². The van der Waals surface area contributed by atoms with Gasteiger partial charge in [-0.05, 0) is 37.1 Å². The Labute approximate surface area is 116 Å². The molecule has 1 fully saturated rings. The number of oxazole rings is 1. The van der Waals surface area contributed by atoms with Crippen LogP contribution in [-0.2, 0) is 0 Å². The molecule has 1 aliphatic carbocycles. The molecule has 0 amide bonds. The zero-order chi connectivity index (χ0) is 14.3. The number of aromatic carboxylic acids is 1. The molecule has 0 bridgehead atoms. The van der Waals surface area contributed by atoms with Gasteiger partial charge in [-0.3, -0.25) is 0 Å². The lowest BCUT2D eigenvalue weighted by Gasteiger charge is -2.11. The van der Waals surface area contributed by atoms with Gasteiger partial charge >= 0.3 is 5.97 Å². The molecule has 0 saturated heterocycles. The van der Waals surface area contributed by atoms with Crippen molar-refractivity contribution in [2.75, 3.05) is 19.0 Å². The van der Waals surface area contributed by atoms with Crippen LogP contribution < -0.4 is 4.90 Å². The van der Waals surface area contributed by atoms with Crippen LogP contribution in [0.1, 0.15) is 35.0 Å². The number of aromatic nitrogens is 1. The second kappa shape index (κ2) is 4.67. The monoisotopic (exact) mass is 272 g/mol. The van der Waals surface area contributed by atoms with Crippen LogP contribution >= 0.6 is 0 Å². The number of nitrogens with zero attached hydrogens (tertiary/aromatic N) is 2. The van der Waals surface area contributed by atoms with E-state index in [9.17, 15) is 9.90 Å². The first-order valence-electron chi connectivity index (χ1n) is 6.58. The van der Waals surface area contributed by atoms with E-state index in [-0.39, 0.29) is 11.7 Å². The summed E-state index contributed by atoms with van der Waals surface area (Å²) >= 11 is 0. The van der Waals surface area contributed by atoms with Crippen molar-refractivity contribution in [3.05, 3.63) is 35.7 Å². The van der Waals surface area contributed by atoms with Gasteiger partial charge in [-0.15, -0.1) is 0 Å². The summed E-state index contributed by atoms with van der Waals surface area (Å²) in [4.78, 5) is 17.6. The molecular weight excluding hydrogens is 256 g/mol. The number of hydrogen-bond donors (Lipinski definition) is 1. The molecule has 1 heterocycles. The Hall–Kier alpha value is -2.30. The third kappa shape index (κ3) is 2.27. The third-order valence-electron chi connectivity index (χ3n) is 3.44. The Morgan fingerprint density at radius 2 is 1.95 bits per heavy atom. The van der Waals surface area contributed by atoms with E-state index in [1.807, 2.05) is 43.3 Å². The molecule has 2 aromatic rings. The molecular formula is C15H16N2O3. The van der Waals surface area contributed by atoms with Crippen molar-refractivity contribution in [3.63, 3.8) is 0 Å². The predicted octanol–water partition coefficient (Wildman–Crippen LogP) is 2.98. The summed E-state index contributed by atoms with van der Waals surface area (Å²) in [6.07, 6.45) is 1.98. The quantitative estimate of drug-likeness (QED) is 0.926.